The molecular formula is C30H36FN7O7. The van der Waals surface area contributed by atoms with E-state index < -0.39 is 46.1 Å². The van der Waals surface area contributed by atoms with Crippen LogP contribution in [-0.2, 0) is 33.0 Å². The average molecular weight is 626 g/mol. The van der Waals surface area contributed by atoms with Crippen LogP contribution in [0.15, 0.2) is 29.1 Å². The molecule has 4 aliphatic heterocycles. The first-order valence-corrected chi connectivity index (χ1v) is 15.2. The molecule has 3 N–H and O–H groups in total. The first-order chi connectivity index (χ1) is 21.6. The highest BCUT2D eigenvalue weighted by molar-refractivity contribution is 6.35. The number of aromatic hydroxyl groups is 1. The summed E-state index contributed by atoms with van der Waals surface area (Å²) < 4.78 is 19.9. The molecule has 5 amide bonds. The van der Waals surface area contributed by atoms with E-state index in [0.29, 0.717) is 57.6 Å². The van der Waals surface area contributed by atoms with Crippen molar-refractivity contribution in [3.63, 3.8) is 0 Å². The van der Waals surface area contributed by atoms with Crippen LogP contribution in [0.5, 0.6) is 5.75 Å². The Bertz CT molecular complexity index is 1540. The zero-order valence-corrected chi connectivity index (χ0v) is 24.8. The number of carbonyl (C=O) groups is 4. The second-order valence-electron chi connectivity index (χ2n) is 12.0. The van der Waals surface area contributed by atoms with Gasteiger partial charge in [-0.15, -0.1) is 0 Å². The highest BCUT2D eigenvalue weighted by Crippen LogP contribution is 2.43. The van der Waals surface area contributed by atoms with Gasteiger partial charge >= 0.3 is 17.8 Å². The largest absolute Gasteiger partial charge is 0.501 e. The minimum absolute atomic E-state index is 0.00239. The predicted molar refractivity (Wildman–Crippen MR) is 155 cm³/mol. The molecule has 14 nitrogen and oxygen atoms in total. The molecule has 7 rings (SSSR count). The van der Waals surface area contributed by atoms with Crippen molar-refractivity contribution in [2.24, 2.45) is 5.92 Å². The molecular weight excluding hydrogens is 589 g/mol. The van der Waals surface area contributed by atoms with Crippen LogP contribution in [0.1, 0.15) is 47.6 Å². The average Bonchev–Trinajstić information content (AvgIpc) is 3.31. The lowest BCUT2D eigenvalue weighted by atomic mass is 9.77. The molecule has 45 heavy (non-hydrogen) atoms. The van der Waals surface area contributed by atoms with Gasteiger partial charge in [-0.25, -0.2) is 14.2 Å². The Morgan fingerprint density at radius 1 is 0.956 bits per heavy atom. The van der Waals surface area contributed by atoms with Crippen molar-refractivity contribution in [2.75, 3.05) is 52.5 Å². The first-order valence-electron chi connectivity index (χ1n) is 15.2. The van der Waals surface area contributed by atoms with Crippen LogP contribution in [0.25, 0.3) is 0 Å². The number of hydrogen-bond donors (Lipinski definition) is 3. The van der Waals surface area contributed by atoms with E-state index in [0.717, 1.165) is 0 Å². The van der Waals surface area contributed by atoms with Gasteiger partial charge in [0.05, 0.1) is 18.8 Å². The number of piperazine rings is 1. The summed E-state index contributed by atoms with van der Waals surface area (Å²) in [6, 6.07) is 5.38. The maximum atomic E-state index is 13.5. The first kappa shape index (κ1) is 30.5. The second kappa shape index (κ2) is 12.5. The Kier molecular flexibility index (Phi) is 8.44. The van der Waals surface area contributed by atoms with E-state index in [1.807, 2.05) is 0 Å². The van der Waals surface area contributed by atoms with Crippen molar-refractivity contribution in [1.82, 2.24) is 34.9 Å². The zero-order chi connectivity index (χ0) is 31.7. The third-order valence-corrected chi connectivity index (χ3v) is 9.22. The van der Waals surface area contributed by atoms with E-state index in [1.54, 1.807) is 9.80 Å². The summed E-state index contributed by atoms with van der Waals surface area (Å²) in [7, 11) is 0. The fourth-order valence-electron chi connectivity index (χ4n) is 6.59. The molecule has 5 heterocycles. The van der Waals surface area contributed by atoms with Gasteiger partial charge in [0.2, 0.25) is 5.75 Å². The monoisotopic (exact) mass is 625 g/mol. The summed E-state index contributed by atoms with van der Waals surface area (Å²) >= 11 is 0. The molecule has 1 saturated carbocycles. The molecule has 1 aromatic heterocycles. The van der Waals surface area contributed by atoms with E-state index in [9.17, 15) is 33.5 Å². The maximum Gasteiger partial charge on any atom is 0.320 e. The number of urea groups is 1. The molecule has 2 aromatic rings. The number of hydrogen-bond acceptors (Lipinski definition) is 8. The van der Waals surface area contributed by atoms with E-state index >= 15 is 0 Å². The number of amides is 5. The molecule has 5 aliphatic rings. The van der Waals surface area contributed by atoms with Crippen molar-refractivity contribution >= 4 is 23.8 Å². The quantitative estimate of drug-likeness (QED) is 0.404. The van der Waals surface area contributed by atoms with Crippen molar-refractivity contribution in [3.8, 4) is 5.75 Å². The Balaban J connectivity index is 1.18. The molecule has 2 bridgehead atoms. The van der Waals surface area contributed by atoms with Crippen LogP contribution in [0, 0.1) is 11.7 Å². The lowest BCUT2D eigenvalue weighted by Crippen LogP contribution is -2.59. The smallest absolute Gasteiger partial charge is 0.320 e. The van der Waals surface area contributed by atoms with Gasteiger partial charge in [0, 0.05) is 52.4 Å². The number of nitrogens with zero attached hydrogens (tertiary/aromatic N) is 5. The number of carbonyl (C=O) groups excluding carboxylic acids is 4. The standard InChI is InChI=1S/C30H36FN7O7/c31-21-3-1-19(2-4-21)17-32-24(40)22-23(39)26(42)38-18-20-5-7-30(8-6-20,28(38)33-22)34-25(41)27(43)35-9-11-36(12-10-35)29(44)37-13-15-45-16-14-37/h1-4,20,39H,5-18H2,(H,32,40)(H,34,41). The lowest BCUT2D eigenvalue weighted by molar-refractivity contribution is -0.148. The summed E-state index contributed by atoms with van der Waals surface area (Å²) in [5, 5.41) is 16.2. The third-order valence-electron chi connectivity index (χ3n) is 9.22. The van der Waals surface area contributed by atoms with Crippen molar-refractivity contribution < 1.29 is 33.4 Å². The van der Waals surface area contributed by atoms with Crippen LogP contribution in [0.4, 0.5) is 9.18 Å². The number of aromatic nitrogens is 2. The van der Waals surface area contributed by atoms with Gasteiger partial charge in [0.15, 0.2) is 5.69 Å². The van der Waals surface area contributed by atoms with Crippen LogP contribution in [0.3, 0.4) is 0 Å². The molecule has 240 valence electrons. The van der Waals surface area contributed by atoms with Gasteiger partial charge in [0.25, 0.3) is 11.5 Å². The van der Waals surface area contributed by atoms with Gasteiger partial charge in [-0.1, -0.05) is 12.1 Å². The number of benzene rings is 1. The van der Waals surface area contributed by atoms with Crippen LogP contribution in [0.2, 0.25) is 0 Å². The normalized spacial score (nSPS) is 22.8. The molecule has 0 atom stereocenters. The van der Waals surface area contributed by atoms with Crippen molar-refractivity contribution in [2.45, 2.75) is 44.3 Å². The molecule has 0 radical (unpaired) electrons. The van der Waals surface area contributed by atoms with Crippen LogP contribution in [-0.4, -0.2) is 106 Å². The van der Waals surface area contributed by atoms with Gasteiger partial charge in [0.1, 0.15) is 11.6 Å². The maximum absolute atomic E-state index is 13.5. The number of ether oxygens (including phenoxy) is 1. The van der Waals surface area contributed by atoms with Crippen molar-refractivity contribution in [1.29, 1.82) is 0 Å². The van der Waals surface area contributed by atoms with E-state index in [2.05, 4.69) is 15.6 Å². The Morgan fingerprint density at radius 2 is 1.58 bits per heavy atom. The van der Waals surface area contributed by atoms with E-state index in [1.165, 1.54) is 33.7 Å². The fraction of sp³-hybridized carbons (Fsp3) is 0.533. The van der Waals surface area contributed by atoms with Crippen LogP contribution >= 0.6 is 0 Å². The van der Waals surface area contributed by atoms with E-state index in [4.69, 9.17) is 4.74 Å². The minimum Gasteiger partial charge on any atom is -0.501 e. The third kappa shape index (κ3) is 6.08. The molecule has 2 saturated heterocycles. The predicted octanol–water partition coefficient (Wildman–Crippen LogP) is 0.130. The number of nitrogens with one attached hydrogen (secondary N) is 2. The topological polar surface area (TPSA) is 166 Å². The summed E-state index contributed by atoms with van der Waals surface area (Å²) in [6.07, 6.45) is 2.08. The zero-order valence-electron chi connectivity index (χ0n) is 24.8. The van der Waals surface area contributed by atoms with Gasteiger partial charge in [-0.05, 0) is 49.3 Å². The number of halogens is 1. The number of fused-ring (bicyclic) bond motifs is 2. The van der Waals surface area contributed by atoms with E-state index in [-0.39, 0.29) is 57.0 Å². The molecule has 15 heteroatoms. The number of rotatable bonds is 4. The van der Waals surface area contributed by atoms with Gasteiger partial charge in [-0.2, -0.15) is 0 Å². The van der Waals surface area contributed by atoms with Crippen LogP contribution < -0.4 is 16.2 Å². The van der Waals surface area contributed by atoms with Crippen molar-refractivity contribution in [3.05, 3.63) is 57.5 Å². The van der Waals surface area contributed by atoms with Gasteiger partial charge < -0.3 is 35.2 Å². The van der Waals surface area contributed by atoms with Gasteiger partial charge in [-0.3, -0.25) is 23.7 Å². The number of morpholine rings is 1. The summed E-state index contributed by atoms with van der Waals surface area (Å²) in [4.78, 5) is 75.3. The molecule has 3 fully saturated rings. The molecule has 1 aliphatic carbocycles. The summed E-state index contributed by atoms with van der Waals surface area (Å²) in [6.45, 7) is 3.22. The summed E-state index contributed by atoms with van der Waals surface area (Å²) in [5.74, 6) is -3.43. The molecule has 0 unspecified atom stereocenters. The summed E-state index contributed by atoms with van der Waals surface area (Å²) in [5.41, 5.74) is -1.89. The fourth-order valence-corrected chi connectivity index (χ4v) is 6.59. The Labute approximate surface area is 258 Å². The SMILES string of the molecule is O=C(NC12CCC(CC1)Cn1c2nc(C(=O)NCc2ccc(F)cc2)c(O)c1=O)C(=O)N1CCN(C(=O)N2CCOCC2)CC1. The molecule has 0 spiro atoms. The molecule has 1 aromatic carbocycles. The lowest BCUT2D eigenvalue weighted by Gasteiger charge is -2.39. The Hall–Kier alpha value is -4.53. The minimum atomic E-state index is -1.20. The highest BCUT2D eigenvalue weighted by Gasteiger charge is 2.47. The Morgan fingerprint density at radius 3 is 2.24 bits per heavy atom. The highest BCUT2D eigenvalue weighted by atomic mass is 19.1. The second-order valence-corrected chi connectivity index (χ2v) is 12.0.